The van der Waals surface area contributed by atoms with E-state index in [1.54, 1.807) is 18.2 Å². The molecule has 1 fully saturated rings. The van der Waals surface area contributed by atoms with Gasteiger partial charge < -0.3 is 19.9 Å². The highest BCUT2D eigenvalue weighted by Crippen LogP contribution is 2.18. The average molecular weight is 279 g/mol. The lowest BCUT2D eigenvalue weighted by molar-refractivity contribution is 0.0264. The van der Waals surface area contributed by atoms with E-state index in [2.05, 4.69) is 5.32 Å². The highest BCUT2D eigenvalue weighted by Gasteiger charge is 2.32. The Hall–Kier alpha value is -1.59. The van der Waals surface area contributed by atoms with Gasteiger partial charge in [0.1, 0.15) is 11.4 Å². The van der Waals surface area contributed by atoms with Crippen molar-refractivity contribution < 1.29 is 19.4 Å². The molecule has 1 aliphatic heterocycles. The lowest BCUT2D eigenvalue weighted by atomic mass is 10.0. The molecule has 5 heteroatoms. The Morgan fingerprint density at radius 2 is 2.35 bits per heavy atom. The third-order valence-electron chi connectivity index (χ3n) is 3.13. The van der Waals surface area contributed by atoms with Crippen LogP contribution in [0, 0.1) is 0 Å². The van der Waals surface area contributed by atoms with E-state index in [0.717, 1.165) is 0 Å². The van der Waals surface area contributed by atoms with Crippen LogP contribution in [0.4, 0.5) is 0 Å². The van der Waals surface area contributed by atoms with Gasteiger partial charge >= 0.3 is 0 Å². The van der Waals surface area contributed by atoms with Crippen molar-refractivity contribution in [2.45, 2.75) is 32.0 Å². The molecule has 110 valence electrons. The van der Waals surface area contributed by atoms with E-state index in [1.165, 1.54) is 0 Å². The Labute approximate surface area is 118 Å². The maximum atomic E-state index is 12.1. The molecule has 0 aromatic heterocycles. The van der Waals surface area contributed by atoms with E-state index in [4.69, 9.17) is 9.47 Å². The second-order valence-electron chi connectivity index (χ2n) is 5.40. The Balaban J connectivity index is 1.95. The summed E-state index contributed by atoms with van der Waals surface area (Å²) in [4.78, 5) is 12.1. The Kier molecular flexibility index (Phi) is 4.62. The first-order chi connectivity index (χ1) is 9.48. The zero-order chi connectivity index (χ0) is 14.6. The van der Waals surface area contributed by atoms with Crippen LogP contribution in [0.3, 0.4) is 0 Å². The van der Waals surface area contributed by atoms with Crippen molar-refractivity contribution in [3.63, 3.8) is 0 Å². The molecular formula is C15H21NO4. The van der Waals surface area contributed by atoms with Crippen LogP contribution in [-0.4, -0.2) is 42.5 Å². The van der Waals surface area contributed by atoms with Gasteiger partial charge in [-0.3, -0.25) is 4.79 Å². The third-order valence-corrected chi connectivity index (χ3v) is 3.13. The minimum absolute atomic E-state index is 0.0599. The number of carbonyl (C=O) groups is 1. The molecule has 5 nitrogen and oxygen atoms in total. The molecule has 0 saturated carbocycles. The highest BCUT2D eigenvalue weighted by atomic mass is 16.5. The molecule has 1 saturated heterocycles. The fourth-order valence-corrected chi connectivity index (χ4v) is 2.07. The van der Waals surface area contributed by atoms with Crippen molar-refractivity contribution >= 4 is 5.91 Å². The number of hydrogen-bond donors (Lipinski definition) is 2. The quantitative estimate of drug-likeness (QED) is 0.854. The molecule has 1 heterocycles. The number of rotatable bonds is 5. The zero-order valence-corrected chi connectivity index (χ0v) is 11.9. The normalized spacial score (nSPS) is 22.0. The molecule has 1 aromatic carbocycles. The van der Waals surface area contributed by atoms with Gasteiger partial charge in [-0.2, -0.15) is 0 Å². The van der Waals surface area contributed by atoms with Crippen LogP contribution < -0.4 is 10.1 Å². The van der Waals surface area contributed by atoms with Gasteiger partial charge in [0.25, 0.3) is 5.91 Å². The molecule has 0 bridgehead atoms. The first-order valence-electron chi connectivity index (χ1n) is 6.84. The van der Waals surface area contributed by atoms with Crippen LogP contribution in [0.25, 0.3) is 0 Å². The van der Waals surface area contributed by atoms with Crippen LogP contribution in [0.15, 0.2) is 24.3 Å². The van der Waals surface area contributed by atoms with Crippen LogP contribution in [0.1, 0.15) is 30.6 Å². The lowest BCUT2D eigenvalue weighted by Gasteiger charge is -2.20. The largest absolute Gasteiger partial charge is 0.491 e. The summed E-state index contributed by atoms with van der Waals surface area (Å²) in [6.45, 7) is 4.86. The van der Waals surface area contributed by atoms with Gasteiger partial charge in [0.2, 0.25) is 0 Å². The number of ether oxygens (including phenoxy) is 2. The summed E-state index contributed by atoms with van der Waals surface area (Å²) in [5.74, 6) is 0.440. The van der Waals surface area contributed by atoms with Crippen LogP contribution in [-0.2, 0) is 4.74 Å². The number of amides is 1. The van der Waals surface area contributed by atoms with Crippen molar-refractivity contribution in [1.29, 1.82) is 0 Å². The predicted molar refractivity (Wildman–Crippen MR) is 74.9 cm³/mol. The van der Waals surface area contributed by atoms with E-state index >= 15 is 0 Å². The van der Waals surface area contributed by atoms with Gasteiger partial charge in [0, 0.05) is 25.1 Å². The second kappa shape index (κ2) is 6.24. The van der Waals surface area contributed by atoms with E-state index in [9.17, 15) is 9.90 Å². The summed E-state index contributed by atoms with van der Waals surface area (Å²) >= 11 is 0. The number of carbonyl (C=O) groups excluding carboxylic acids is 1. The standard InChI is InChI=1S/C15H21NO4/c1-11(2)20-13-5-3-4-12(8-13)14(17)16-9-15(18)6-7-19-10-15/h3-5,8,11,18H,6-7,9-10H2,1-2H3,(H,16,17). The maximum absolute atomic E-state index is 12.1. The molecule has 0 spiro atoms. The smallest absolute Gasteiger partial charge is 0.251 e. The van der Waals surface area contributed by atoms with E-state index in [0.29, 0.717) is 24.3 Å². The molecular weight excluding hydrogens is 258 g/mol. The van der Waals surface area contributed by atoms with Gasteiger partial charge in [-0.05, 0) is 32.0 Å². The predicted octanol–water partition coefficient (Wildman–Crippen LogP) is 1.35. The molecule has 2 N–H and O–H groups in total. The first-order valence-corrected chi connectivity index (χ1v) is 6.84. The Bertz CT molecular complexity index is 467. The molecule has 20 heavy (non-hydrogen) atoms. The fourth-order valence-electron chi connectivity index (χ4n) is 2.07. The SMILES string of the molecule is CC(C)Oc1cccc(C(=O)NCC2(O)CCOC2)c1. The molecule has 0 aliphatic carbocycles. The molecule has 2 rings (SSSR count). The summed E-state index contributed by atoms with van der Waals surface area (Å²) in [5.41, 5.74) is -0.424. The van der Waals surface area contributed by atoms with Gasteiger partial charge in [-0.1, -0.05) is 6.07 Å². The van der Waals surface area contributed by atoms with Crippen LogP contribution in [0.5, 0.6) is 5.75 Å². The number of hydrogen-bond acceptors (Lipinski definition) is 4. The Morgan fingerprint density at radius 3 is 3.00 bits per heavy atom. The van der Waals surface area contributed by atoms with Crippen molar-refractivity contribution in [1.82, 2.24) is 5.32 Å². The van der Waals surface area contributed by atoms with E-state index in [-0.39, 0.29) is 25.2 Å². The molecule has 1 amide bonds. The fraction of sp³-hybridized carbons (Fsp3) is 0.533. The zero-order valence-electron chi connectivity index (χ0n) is 11.9. The molecule has 1 aliphatic rings. The van der Waals surface area contributed by atoms with E-state index < -0.39 is 5.60 Å². The van der Waals surface area contributed by atoms with Gasteiger partial charge in [0.05, 0.1) is 12.7 Å². The summed E-state index contributed by atoms with van der Waals surface area (Å²) in [6.07, 6.45) is 0.605. The number of benzene rings is 1. The lowest BCUT2D eigenvalue weighted by Crippen LogP contribution is -2.43. The molecule has 1 aromatic rings. The van der Waals surface area contributed by atoms with Crippen LogP contribution >= 0.6 is 0 Å². The topological polar surface area (TPSA) is 67.8 Å². The summed E-state index contributed by atoms with van der Waals surface area (Å²) in [7, 11) is 0. The van der Waals surface area contributed by atoms with Gasteiger partial charge in [-0.15, -0.1) is 0 Å². The maximum Gasteiger partial charge on any atom is 0.251 e. The summed E-state index contributed by atoms with van der Waals surface area (Å²) < 4.78 is 10.7. The average Bonchev–Trinajstić information content (AvgIpc) is 2.83. The molecule has 1 atom stereocenters. The number of aliphatic hydroxyl groups is 1. The minimum atomic E-state index is -0.943. The van der Waals surface area contributed by atoms with E-state index in [1.807, 2.05) is 19.9 Å². The van der Waals surface area contributed by atoms with Crippen molar-refractivity contribution in [2.24, 2.45) is 0 Å². The summed E-state index contributed by atoms with van der Waals surface area (Å²) in [5, 5.41) is 12.8. The first kappa shape index (κ1) is 14.8. The van der Waals surface area contributed by atoms with Crippen molar-refractivity contribution in [3.8, 4) is 5.75 Å². The van der Waals surface area contributed by atoms with Gasteiger partial charge in [-0.25, -0.2) is 0 Å². The van der Waals surface area contributed by atoms with Crippen LogP contribution in [0.2, 0.25) is 0 Å². The third kappa shape index (κ3) is 3.95. The minimum Gasteiger partial charge on any atom is -0.491 e. The van der Waals surface area contributed by atoms with Crippen molar-refractivity contribution in [2.75, 3.05) is 19.8 Å². The molecule has 0 radical (unpaired) electrons. The molecule has 1 unspecified atom stereocenters. The van der Waals surface area contributed by atoms with Gasteiger partial charge in [0.15, 0.2) is 0 Å². The monoisotopic (exact) mass is 279 g/mol. The highest BCUT2D eigenvalue weighted by molar-refractivity contribution is 5.94. The Morgan fingerprint density at radius 1 is 1.55 bits per heavy atom. The second-order valence-corrected chi connectivity index (χ2v) is 5.40. The number of nitrogens with one attached hydrogen (secondary N) is 1. The summed E-state index contributed by atoms with van der Waals surface area (Å²) in [6, 6.07) is 7.01. The van der Waals surface area contributed by atoms with Crippen molar-refractivity contribution in [3.05, 3.63) is 29.8 Å².